The highest BCUT2D eigenvalue weighted by Crippen LogP contribution is 2.41. The first-order valence-corrected chi connectivity index (χ1v) is 15.1. The quantitative estimate of drug-likeness (QED) is 0.301. The van der Waals surface area contributed by atoms with Crippen LogP contribution < -0.4 is 4.74 Å². The zero-order valence-corrected chi connectivity index (χ0v) is 24.8. The van der Waals surface area contributed by atoms with Gasteiger partial charge in [0.05, 0.1) is 17.8 Å². The first-order valence-electron chi connectivity index (χ1n) is 15.1. The molecule has 6 nitrogen and oxygen atoms in total. The summed E-state index contributed by atoms with van der Waals surface area (Å²) in [6.45, 7) is 12.7. The fourth-order valence-electron chi connectivity index (χ4n) is 6.24. The first-order chi connectivity index (χ1) is 19.7. The predicted octanol–water partition coefficient (Wildman–Crippen LogP) is 6.57. The number of carbonyl (C=O) groups excluding carboxylic acids is 1. The summed E-state index contributed by atoms with van der Waals surface area (Å²) in [6.07, 6.45) is 6.45. The van der Waals surface area contributed by atoms with Gasteiger partial charge in [0.2, 0.25) is 0 Å². The predicted molar refractivity (Wildman–Crippen MR) is 163 cm³/mol. The molecule has 0 spiro atoms. The number of allylic oxidation sites excluding steroid dienone is 1. The number of aliphatic imine (C=N–C) groups is 1. The normalized spacial score (nSPS) is 20.4. The molecule has 214 valence electrons. The number of rotatable bonds is 9. The van der Waals surface area contributed by atoms with Gasteiger partial charge in [-0.25, -0.2) is 0 Å². The molecule has 0 saturated carbocycles. The van der Waals surface area contributed by atoms with E-state index in [1.165, 1.54) is 42.8 Å². The zero-order chi connectivity index (χ0) is 28.6. The van der Waals surface area contributed by atoms with Crippen molar-refractivity contribution >= 4 is 17.2 Å². The Kier molecular flexibility index (Phi) is 7.69. The summed E-state index contributed by atoms with van der Waals surface area (Å²) in [5, 5.41) is 4.09. The van der Waals surface area contributed by atoms with E-state index < -0.39 is 0 Å². The van der Waals surface area contributed by atoms with E-state index >= 15 is 0 Å². The molecule has 0 radical (unpaired) electrons. The Morgan fingerprint density at radius 2 is 1.93 bits per heavy atom. The van der Waals surface area contributed by atoms with Crippen molar-refractivity contribution in [1.29, 1.82) is 0 Å². The van der Waals surface area contributed by atoms with Gasteiger partial charge in [-0.15, -0.1) is 0 Å². The first kappa shape index (κ1) is 27.6. The third-order valence-corrected chi connectivity index (χ3v) is 8.51. The SMILES string of the molecule is C[C@H]1CCCN(CCOc2ccc3c(c2)CC2=NC(c4ccc(CC(=O)Cc5cc(C(C)(C)C)on5)cc4)=CC23)C1. The number of piperidine rings is 1. The third-order valence-electron chi connectivity index (χ3n) is 8.51. The average Bonchev–Trinajstić information content (AvgIpc) is 3.64. The van der Waals surface area contributed by atoms with Crippen molar-refractivity contribution in [3.63, 3.8) is 0 Å². The molecule has 0 amide bonds. The number of Topliss-reactive ketones (excluding diaryl/α,β-unsaturated/α-hetero) is 1. The second-order valence-corrected chi connectivity index (χ2v) is 13.1. The number of fused-ring (bicyclic) bond motifs is 3. The Bertz CT molecular complexity index is 1480. The molecule has 1 unspecified atom stereocenters. The Morgan fingerprint density at radius 1 is 1.10 bits per heavy atom. The molecule has 41 heavy (non-hydrogen) atoms. The van der Waals surface area contributed by atoms with Gasteiger partial charge in [0.1, 0.15) is 23.9 Å². The van der Waals surface area contributed by atoms with E-state index in [0.29, 0.717) is 12.1 Å². The molecule has 2 aromatic carbocycles. The molecule has 1 aliphatic carbocycles. The van der Waals surface area contributed by atoms with Crippen LogP contribution in [0.1, 0.15) is 80.2 Å². The molecule has 6 heteroatoms. The topological polar surface area (TPSA) is 67.9 Å². The van der Waals surface area contributed by atoms with E-state index in [1.807, 2.05) is 18.2 Å². The molecule has 3 aliphatic rings. The summed E-state index contributed by atoms with van der Waals surface area (Å²) in [6, 6.07) is 16.7. The number of likely N-dealkylation sites (tertiary alicyclic amines) is 1. The van der Waals surface area contributed by atoms with Crippen LogP contribution >= 0.6 is 0 Å². The molecule has 0 bridgehead atoms. The molecule has 1 fully saturated rings. The van der Waals surface area contributed by atoms with Gasteiger partial charge in [0.25, 0.3) is 0 Å². The van der Waals surface area contributed by atoms with Crippen LogP contribution in [0, 0.1) is 5.92 Å². The van der Waals surface area contributed by atoms with Crippen LogP contribution in [0.4, 0.5) is 0 Å². The molecule has 2 atom stereocenters. The minimum Gasteiger partial charge on any atom is -0.492 e. The van der Waals surface area contributed by atoms with Crippen LogP contribution in [0.3, 0.4) is 0 Å². The molecule has 0 N–H and O–H groups in total. The molecule has 3 aromatic rings. The van der Waals surface area contributed by atoms with Crippen LogP contribution in [-0.2, 0) is 29.5 Å². The van der Waals surface area contributed by atoms with Gasteiger partial charge in [0.15, 0.2) is 0 Å². The zero-order valence-electron chi connectivity index (χ0n) is 24.8. The number of hydrogen-bond acceptors (Lipinski definition) is 6. The fourth-order valence-corrected chi connectivity index (χ4v) is 6.24. The Hall–Kier alpha value is -3.51. The van der Waals surface area contributed by atoms with Crippen molar-refractivity contribution < 1.29 is 14.1 Å². The maximum absolute atomic E-state index is 12.7. The maximum atomic E-state index is 12.7. The van der Waals surface area contributed by atoms with Crippen LogP contribution in [0.2, 0.25) is 0 Å². The third kappa shape index (κ3) is 6.38. The van der Waals surface area contributed by atoms with Crippen LogP contribution in [0.25, 0.3) is 5.70 Å². The summed E-state index contributed by atoms with van der Waals surface area (Å²) < 4.78 is 11.6. The molecular weight excluding hydrogens is 510 g/mol. The van der Waals surface area contributed by atoms with Crippen molar-refractivity contribution in [3.05, 3.63) is 88.3 Å². The van der Waals surface area contributed by atoms with E-state index in [1.54, 1.807) is 0 Å². The van der Waals surface area contributed by atoms with Gasteiger partial charge >= 0.3 is 0 Å². The smallest absolute Gasteiger partial charge is 0.143 e. The van der Waals surface area contributed by atoms with Crippen molar-refractivity contribution in [3.8, 4) is 5.75 Å². The number of carbonyl (C=O) groups is 1. The molecule has 2 aliphatic heterocycles. The lowest BCUT2D eigenvalue weighted by atomic mass is 9.93. The number of ketones is 1. The highest BCUT2D eigenvalue weighted by atomic mass is 16.5. The van der Waals surface area contributed by atoms with Gasteiger partial charge in [-0.1, -0.05) is 63.2 Å². The van der Waals surface area contributed by atoms with Crippen molar-refractivity contribution in [2.24, 2.45) is 10.9 Å². The van der Waals surface area contributed by atoms with E-state index in [4.69, 9.17) is 14.3 Å². The van der Waals surface area contributed by atoms with Gasteiger partial charge in [0, 0.05) is 49.0 Å². The fraction of sp³-hybridized carbons (Fsp3) is 0.457. The van der Waals surface area contributed by atoms with E-state index in [0.717, 1.165) is 53.8 Å². The molecular formula is C35H41N3O3. The second-order valence-electron chi connectivity index (χ2n) is 13.1. The summed E-state index contributed by atoms with van der Waals surface area (Å²) in [5.74, 6) is 2.92. The number of ether oxygens (including phenoxy) is 1. The Balaban J connectivity index is 1.03. The highest BCUT2D eigenvalue weighted by Gasteiger charge is 2.32. The highest BCUT2D eigenvalue weighted by molar-refractivity contribution is 6.05. The standard InChI is InChI=1S/C35H41N3O3/c1-23-6-5-13-38(22-23)14-15-40-29-11-12-30-26(17-29)18-33-31(30)21-32(36-33)25-9-7-24(8-10-25)16-28(39)19-27-20-34(41-37-27)35(2,3)4/h7-12,17,20-21,23,31H,5-6,13-16,18-19,22H2,1-4H3/t23-,31?/m0/s1. The minimum absolute atomic E-state index is 0.119. The van der Waals surface area contributed by atoms with Crippen LogP contribution in [0.15, 0.2) is 64.1 Å². The summed E-state index contributed by atoms with van der Waals surface area (Å²) in [5.41, 5.74) is 7.54. The molecule has 3 heterocycles. The van der Waals surface area contributed by atoms with E-state index in [-0.39, 0.29) is 23.5 Å². The Morgan fingerprint density at radius 3 is 2.68 bits per heavy atom. The second kappa shape index (κ2) is 11.4. The van der Waals surface area contributed by atoms with Gasteiger partial charge in [-0.3, -0.25) is 14.7 Å². The summed E-state index contributed by atoms with van der Waals surface area (Å²) in [4.78, 5) is 20.2. The number of aromatic nitrogens is 1. The molecule has 1 saturated heterocycles. The van der Waals surface area contributed by atoms with E-state index in [2.05, 4.69) is 74.2 Å². The lowest BCUT2D eigenvalue weighted by Gasteiger charge is -2.30. The van der Waals surface area contributed by atoms with Crippen LogP contribution in [0.5, 0.6) is 5.75 Å². The number of nitrogens with zero attached hydrogens (tertiary/aromatic N) is 3. The largest absolute Gasteiger partial charge is 0.492 e. The lowest BCUT2D eigenvalue weighted by molar-refractivity contribution is -0.117. The maximum Gasteiger partial charge on any atom is 0.143 e. The van der Waals surface area contributed by atoms with Crippen molar-refractivity contribution in [1.82, 2.24) is 10.1 Å². The lowest BCUT2D eigenvalue weighted by Crippen LogP contribution is -2.37. The Labute approximate surface area is 243 Å². The average molecular weight is 552 g/mol. The number of hydrogen-bond donors (Lipinski definition) is 0. The van der Waals surface area contributed by atoms with Gasteiger partial charge < -0.3 is 9.26 Å². The minimum atomic E-state index is -0.119. The summed E-state index contributed by atoms with van der Waals surface area (Å²) >= 11 is 0. The molecule has 1 aromatic heterocycles. The van der Waals surface area contributed by atoms with Gasteiger partial charge in [-0.2, -0.15) is 0 Å². The summed E-state index contributed by atoms with van der Waals surface area (Å²) in [7, 11) is 0. The van der Waals surface area contributed by atoms with Crippen molar-refractivity contribution in [2.45, 2.75) is 71.1 Å². The monoisotopic (exact) mass is 551 g/mol. The number of benzene rings is 2. The van der Waals surface area contributed by atoms with E-state index in [9.17, 15) is 4.79 Å². The molecule has 6 rings (SSSR count). The van der Waals surface area contributed by atoms with Gasteiger partial charge in [-0.05, 0) is 65.8 Å². The van der Waals surface area contributed by atoms with Crippen LogP contribution in [-0.4, -0.2) is 47.8 Å². The van der Waals surface area contributed by atoms with Crippen molar-refractivity contribution in [2.75, 3.05) is 26.2 Å².